The predicted octanol–water partition coefficient (Wildman–Crippen LogP) is 1.72. The maximum atomic E-state index is 12.1. The molecule has 1 fully saturated rings. The van der Waals surface area contributed by atoms with Crippen LogP contribution in [0, 0.1) is 0 Å². The summed E-state index contributed by atoms with van der Waals surface area (Å²) in [7, 11) is 0. The molecule has 0 radical (unpaired) electrons. The van der Waals surface area contributed by atoms with Crippen molar-refractivity contribution in [2.75, 3.05) is 0 Å². The number of cyclic esters (lactones) is 2. The average molecular weight is 282 g/mol. The lowest BCUT2D eigenvalue weighted by Crippen LogP contribution is -2.20. The monoisotopic (exact) mass is 282 g/mol. The molecule has 3 aliphatic heterocycles. The van der Waals surface area contributed by atoms with E-state index in [1.54, 1.807) is 12.1 Å². The third-order valence-corrected chi connectivity index (χ3v) is 4.02. The van der Waals surface area contributed by atoms with Crippen molar-refractivity contribution < 1.29 is 28.6 Å². The molecule has 1 saturated heterocycles. The zero-order chi connectivity index (χ0) is 14.3. The lowest BCUT2D eigenvalue weighted by atomic mass is 9.90. The predicted molar refractivity (Wildman–Crippen MR) is 66.7 cm³/mol. The van der Waals surface area contributed by atoms with E-state index in [1.165, 1.54) is 12.1 Å². The maximum Gasteiger partial charge on any atom is 0.346 e. The number of esters is 3. The van der Waals surface area contributed by atoms with E-state index in [9.17, 15) is 14.4 Å². The van der Waals surface area contributed by atoms with Crippen molar-refractivity contribution in [3.05, 3.63) is 46.5 Å². The van der Waals surface area contributed by atoms with Crippen molar-refractivity contribution in [1.29, 1.82) is 0 Å². The Balaban J connectivity index is 2.01. The van der Waals surface area contributed by atoms with Crippen LogP contribution in [0.1, 0.15) is 42.7 Å². The van der Waals surface area contributed by atoms with Crippen molar-refractivity contribution in [3.63, 3.8) is 0 Å². The van der Waals surface area contributed by atoms with E-state index in [2.05, 4.69) is 0 Å². The largest absolute Gasteiger partial charge is 0.429 e. The van der Waals surface area contributed by atoms with E-state index < -0.39 is 24.2 Å². The fraction of sp³-hybridized carbons (Fsp3) is 0.133. The highest BCUT2D eigenvalue weighted by Crippen LogP contribution is 2.48. The van der Waals surface area contributed by atoms with Crippen LogP contribution >= 0.6 is 0 Å². The molecular weight excluding hydrogens is 276 g/mol. The van der Waals surface area contributed by atoms with Gasteiger partial charge in [-0.25, -0.2) is 14.4 Å². The van der Waals surface area contributed by atoms with Gasteiger partial charge in [0.25, 0.3) is 0 Å². The first-order valence-electron chi connectivity index (χ1n) is 6.38. The van der Waals surface area contributed by atoms with E-state index in [-0.39, 0.29) is 17.2 Å². The number of rotatable bonds is 0. The first-order chi connectivity index (χ1) is 10.1. The summed E-state index contributed by atoms with van der Waals surface area (Å²) in [5.41, 5.74) is 1.64. The Kier molecular flexibility index (Phi) is 1.72. The van der Waals surface area contributed by atoms with Gasteiger partial charge in [-0.05, 0) is 23.8 Å². The molecule has 21 heavy (non-hydrogen) atoms. The molecule has 0 saturated carbocycles. The lowest BCUT2D eigenvalue weighted by molar-refractivity contribution is 0.0296. The number of ether oxygens (including phenoxy) is 3. The van der Waals surface area contributed by atoms with Crippen LogP contribution in [0.4, 0.5) is 0 Å². The molecule has 102 valence electrons. The zero-order valence-electron chi connectivity index (χ0n) is 10.4. The summed E-state index contributed by atoms with van der Waals surface area (Å²) in [5.74, 6) is -1.93. The summed E-state index contributed by atoms with van der Waals surface area (Å²) in [5, 5.41) is 0.990. The Morgan fingerprint density at radius 2 is 1.38 bits per heavy atom. The van der Waals surface area contributed by atoms with Crippen LogP contribution in [0.2, 0.25) is 0 Å². The minimum absolute atomic E-state index is 0.275. The number of epoxide rings is 1. The van der Waals surface area contributed by atoms with Crippen molar-refractivity contribution in [3.8, 4) is 0 Å². The molecule has 5 rings (SSSR count). The van der Waals surface area contributed by atoms with Gasteiger partial charge < -0.3 is 14.2 Å². The van der Waals surface area contributed by atoms with Crippen LogP contribution in [0.15, 0.2) is 24.3 Å². The highest BCUT2D eigenvalue weighted by atomic mass is 16.8. The maximum absolute atomic E-state index is 12.1. The van der Waals surface area contributed by atoms with Crippen LogP contribution < -0.4 is 0 Å². The van der Waals surface area contributed by atoms with Gasteiger partial charge in [0.1, 0.15) is 6.10 Å². The minimum atomic E-state index is -0.706. The van der Waals surface area contributed by atoms with Gasteiger partial charge in [-0.2, -0.15) is 0 Å². The quantitative estimate of drug-likeness (QED) is 0.415. The molecule has 6 nitrogen and oxygen atoms in total. The summed E-state index contributed by atoms with van der Waals surface area (Å²) in [6, 6.07) is 6.32. The van der Waals surface area contributed by atoms with Crippen LogP contribution in [0.3, 0.4) is 0 Å². The van der Waals surface area contributed by atoms with Crippen LogP contribution in [0.5, 0.6) is 0 Å². The SMILES string of the molecule is O=C1OC(=O)c2ccc3c4c(ccc1c24)C(=O)OC1OC31. The highest BCUT2D eigenvalue weighted by Gasteiger charge is 2.48. The summed E-state index contributed by atoms with van der Waals surface area (Å²) < 4.78 is 15.2. The normalized spacial score (nSPS) is 25.0. The molecule has 3 aliphatic rings. The third kappa shape index (κ3) is 1.23. The number of fused-ring (bicyclic) bond motifs is 2. The molecule has 0 aliphatic carbocycles. The van der Waals surface area contributed by atoms with E-state index >= 15 is 0 Å². The molecule has 0 aromatic heterocycles. The number of carbonyl (C=O) groups is 3. The van der Waals surface area contributed by atoms with Crippen molar-refractivity contribution in [2.24, 2.45) is 0 Å². The summed E-state index contributed by atoms with van der Waals surface area (Å²) in [6.07, 6.45) is -0.930. The molecular formula is C15H6O6. The molecule has 2 aromatic rings. The Hall–Kier alpha value is -2.73. The van der Waals surface area contributed by atoms with Gasteiger partial charge in [0, 0.05) is 10.8 Å². The number of benzene rings is 2. The third-order valence-electron chi connectivity index (χ3n) is 4.02. The van der Waals surface area contributed by atoms with E-state index in [0.717, 1.165) is 5.56 Å². The van der Waals surface area contributed by atoms with Gasteiger partial charge in [-0.15, -0.1) is 0 Å². The Labute approximate surface area is 117 Å². The van der Waals surface area contributed by atoms with Crippen LogP contribution in [0.25, 0.3) is 10.8 Å². The molecule has 0 amide bonds. The fourth-order valence-corrected chi connectivity index (χ4v) is 3.04. The number of carbonyl (C=O) groups excluding carboxylic acids is 3. The average Bonchev–Trinajstić information content (AvgIpc) is 3.22. The second-order valence-electron chi connectivity index (χ2n) is 5.12. The molecule has 0 spiro atoms. The van der Waals surface area contributed by atoms with Gasteiger partial charge in [-0.3, -0.25) is 0 Å². The molecule has 3 heterocycles. The fourth-order valence-electron chi connectivity index (χ4n) is 3.04. The summed E-state index contributed by atoms with van der Waals surface area (Å²) >= 11 is 0. The van der Waals surface area contributed by atoms with Gasteiger partial charge in [0.2, 0.25) is 6.29 Å². The smallest absolute Gasteiger partial charge is 0.346 e. The first kappa shape index (κ1) is 11.0. The first-order valence-corrected chi connectivity index (χ1v) is 6.38. The Morgan fingerprint density at radius 1 is 0.762 bits per heavy atom. The number of hydrogen-bond acceptors (Lipinski definition) is 6. The minimum Gasteiger partial charge on any atom is -0.429 e. The number of hydrogen-bond donors (Lipinski definition) is 0. The highest BCUT2D eigenvalue weighted by molar-refractivity contribution is 6.24. The van der Waals surface area contributed by atoms with Gasteiger partial charge in [-0.1, -0.05) is 6.07 Å². The van der Waals surface area contributed by atoms with Gasteiger partial charge in [0.05, 0.1) is 16.7 Å². The second-order valence-corrected chi connectivity index (χ2v) is 5.12. The molecule has 2 atom stereocenters. The van der Waals surface area contributed by atoms with Gasteiger partial charge in [0.15, 0.2) is 0 Å². The van der Waals surface area contributed by atoms with Gasteiger partial charge >= 0.3 is 17.9 Å². The molecule has 0 N–H and O–H groups in total. The van der Waals surface area contributed by atoms with Crippen molar-refractivity contribution in [2.45, 2.75) is 12.4 Å². The van der Waals surface area contributed by atoms with E-state index in [1.807, 2.05) is 0 Å². The Bertz CT molecular complexity index is 876. The molecule has 6 heteroatoms. The molecule has 2 aromatic carbocycles. The topological polar surface area (TPSA) is 82.2 Å². The van der Waals surface area contributed by atoms with Crippen LogP contribution in [-0.2, 0) is 14.2 Å². The second kappa shape index (κ2) is 3.29. The summed E-state index contributed by atoms with van der Waals surface area (Å²) in [4.78, 5) is 35.9. The zero-order valence-corrected chi connectivity index (χ0v) is 10.4. The standard InChI is InChI=1S/C15H6O6/c16-12-7-2-1-5-9-6(14(18)21-15-11(5)19-15)3-4-8(10(7)9)13(17)20-12/h1-4,11,15H. The summed E-state index contributed by atoms with van der Waals surface area (Å²) in [6.45, 7) is 0. The molecule has 0 bridgehead atoms. The Morgan fingerprint density at radius 3 is 2.10 bits per heavy atom. The molecule has 2 unspecified atom stereocenters. The van der Waals surface area contributed by atoms with E-state index in [0.29, 0.717) is 16.3 Å². The van der Waals surface area contributed by atoms with Crippen molar-refractivity contribution in [1.82, 2.24) is 0 Å². The lowest BCUT2D eigenvalue weighted by Gasteiger charge is -2.18. The van der Waals surface area contributed by atoms with Crippen LogP contribution in [-0.4, -0.2) is 24.2 Å². The van der Waals surface area contributed by atoms with E-state index in [4.69, 9.17) is 14.2 Å². The van der Waals surface area contributed by atoms with Crippen molar-refractivity contribution >= 4 is 28.7 Å².